The first-order chi connectivity index (χ1) is 5.47. The van der Waals surface area contributed by atoms with Crippen LogP contribution >= 0.6 is 27.3 Å². The first kappa shape index (κ1) is 10.1. The fourth-order valence-electron chi connectivity index (χ4n) is 0.618. The lowest BCUT2D eigenvalue weighted by Gasteiger charge is -1.97. The summed E-state index contributed by atoms with van der Waals surface area (Å²) in [7, 11) is -3.57. The molecule has 0 spiro atoms. The number of halogens is 1. The molecule has 1 heterocycles. The summed E-state index contributed by atoms with van der Waals surface area (Å²) in [6, 6.07) is 3.68. The van der Waals surface area contributed by atoms with Gasteiger partial charge in [0.05, 0.1) is 3.79 Å². The molecule has 1 aromatic heterocycles. The Kier molecular flexibility index (Phi) is 3.24. The fourth-order valence-corrected chi connectivity index (χ4v) is 2.49. The molecule has 0 aliphatic heterocycles. The van der Waals surface area contributed by atoms with E-state index in [4.69, 9.17) is 5.14 Å². The van der Waals surface area contributed by atoms with E-state index in [1.807, 2.05) is 12.1 Å². The summed E-state index contributed by atoms with van der Waals surface area (Å²) < 4.78 is 24.1. The second-order valence-electron chi connectivity index (χ2n) is 2.07. The van der Waals surface area contributed by atoms with Gasteiger partial charge in [-0.25, -0.2) is 5.14 Å². The Morgan fingerprint density at radius 3 is 2.67 bits per heavy atom. The van der Waals surface area contributed by atoms with Crippen molar-refractivity contribution in [3.05, 3.63) is 20.8 Å². The van der Waals surface area contributed by atoms with Crippen LogP contribution in [-0.4, -0.2) is 8.42 Å². The minimum absolute atomic E-state index is 0.245. The smallest absolute Gasteiger partial charge is 0.216 e. The van der Waals surface area contributed by atoms with E-state index in [0.29, 0.717) is 0 Å². The number of thiophene rings is 1. The zero-order valence-electron chi connectivity index (χ0n) is 5.95. The highest BCUT2D eigenvalue weighted by Gasteiger charge is 2.02. The number of hydrogen-bond donors (Lipinski definition) is 2. The van der Waals surface area contributed by atoms with Crippen molar-refractivity contribution in [3.63, 3.8) is 0 Å². The van der Waals surface area contributed by atoms with Crippen LogP contribution in [-0.2, 0) is 16.8 Å². The molecule has 1 aromatic rings. The van der Waals surface area contributed by atoms with E-state index in [2.05, 4.69) is 20.7 Å². The highest BCUT2D eigenvalue weighted by molar-refractivity contribution is 9.11. The van der Waals surface area contributed by atoms with E-state index in [0.717, 1.165) is 8.66 Å². The summed E-state index contributed by atoms with van der Waals surface area (Å²) in [4.78, 5) is 0.913. The summed E-state index contributed by atoms with van der Waals surface area (Å²) in [6.45, 7) is 0.245. The molecular weight excluding hydrogens is 264 g/mol. The van der Waals surface area contributed by atoms with Crippen LogP contribution in [0.5, 0.6) is 0 Å². The number of nitrogens with one attached hydrogen (secondary N) is 1. The molecule has 0 radical (unpaired) electrons. The Labute approximate surface area is 83.1 Å². The van der Waals surface area contributed by atoms with E-state index < -0.39 is 10.2 Å². The van der Waals surface area contributed by atoms with Crippen LogP contribution in [0.25, 0.3) is 0 Å². The first-order valence-corrected chi connectivity index (χ1v) is 6.14. The van der Waals surface area contributed by atoms with E-state index in [-0.39, 0.29) is 6.54 Å². The van der Waals surface area contributed by atoms with Crippen LogP contribution in [0.1, 0.15) is 4.88 Å². The van der Waals surface area contributed by atoms with Gasteiger partial charge in [-0.05, 0) is 28.1 Å². The van der Waals surface area contributed by atoms with Crippen molar-refractivity contribution in [2.45, 2.75) is 6.54 Å². The van der Waals surface area contributed by atoms with Crippen LogP contribution in [0.2, 0.25) is 0 Å². The summed E-state index contributed by atoms with van der Waals surface area (Å²) in [6.07, 6.45) is 0. The van der Waals surface area contributed by atoms with E-state index >= 15 is 0 Å². The van der Waals surface area contributed by atoms with E-state index in [1.54, 1.807) is 0 Å². The molecule has 0 fully saturated rings. The molecule has 4 nitrogen and oxygen atoms in total. The normalized spacial score (nSPS) is 11.8. The Morgan fingerprint density at radius 1 is 1.58 bits per heavy atom. The molecule has 7 heteroatoms. The SMILES string of the molecule is NS(=O)(=O)NCc1ccc(Br)s1. The van der Waals surface area contributed by atoms with Gasteiger partial charge in [-0.1, -0.05) is 0 Å². The largest absolute Gasteiger partial charge is 0.274 e. The third kappa shape index (κ3) is 3.63. The molecular formula is C5H7BrN2O2S2. The van der Waals surface area contributed by atoms with Crippen molar-refractivity contribution in [2.75, 3.05) is 0 Å². The lowest BCUT2D eigenvalue weighted by atomic mass is 10.5. The zero-order chi connectivity index (χ0) is 9.19. The number of hydrogen-bond acceptors (Lipinski definition) is 3. The topological polar surface area (TPSA) is 72.2 Å². The predicted molar refractivity (Wildman–Crippen MR) is 52.0 cm³/mol. The van der Waals surface area contributed by atoms with Gasteiger partial charge < -0.3 is 0 Å². The molecule has 3 N–H and O–H groups in total. The Balaban J connectivity index is 2.55. The third-order valence-electron chi connectivity index (χ3n) is 1.08. The predicted octanol–water partition coefficient (Wildman–Crippen LogP) is 0.804. The molecule has 1 rings (SSSR count). The lowest BCUT2D eigenvalue weighted by Crippen LogP contribution is -2.29. The van der Waals surface area contributed by atoms with Crippen molar-refractivity contribution in [2.24, 2.45) is 5.14 Å². The van der Waals surface area contributed by atoms with Gasteiger partial charge in [-0.2, -0.15) is 13.1 Å². The molecule has 0 aliphatic carbocycles. The molecule has 0 saturated heterocycles. The highest BCUT2D eigenvalue weighted by Crippen LogP contribution is 2.21. The number of nitrogens with two attached hydrogens (primary N) is 1. The molecule has 0 bridgehead atoms. The quantitative estimate of drug-likeness (QED) is 0.853. The van der Waals surface area contributed by atoms with Gasteiger partial charge in [0.15, 0.2) is 0 Å². The highest BCUT2D eigenvalue weighted by atomic mass is 79.9. The summed E-state index contributed by atoms with van der Waals surface area (Å²) >= 11 is 4.73. The lowest BCUT2D eigenvalue weighted by molar-refractivity contribution is 0.583. The van der Waals surface area contributed by atoms with Crippen molar-refractivity contribution in [1.82, 2.24) is 4.72 Å². The summed E-state index contributed by atoms with van der Waals surface area (Å²) in [5.41, 5.74) is 0. The molecule has 68 valence electrons. The van der Waals surface area contributed by atoms with Gasteiger partial charge in [-0.3, -0.25) is 0 Å². The van der Waals surface area contributed by atoms with E-state index in [9.17, 15) is 8.42 Å². The summed E-state index contributed by atoms with van der Waals surface area (Å²) in [5.74, 6) is 0. The van der Waals surface area contributed by atoms with Crippen molar-refractivity contribution in [1.29, 1.82) is 0 Å². The van der Waals surface area contributed by atoms with Gasteiger partial charge in [-0.15, -0.1) is 11.3 Å². The van der Waals surface area contributed by atoms with Gasteiger partial charge in [0, 0.05) is 11.4 Å². The van der Waals surface area contributed by atoms with Crippen LogP contribution < -0.4 is 9.86 Å². The average molecular weight is 271 g/mol. The van der Waals surface area contributed by atoms with Crippen LogP contribution in [0.15, 0.2) is 15.9 Å². The van der Waals surface area contributed by atoms with Crippen molar-refractivity contribution in [3.8, 4) is 0 Å². The Bertz CT molecular complexity index is 359. The molecule has 12 heavy (non-hydrogen) atoms. The molecule has 0 amide bonds. The molecule has 0 unspecified atom stereocenters. The maximum absolute atomic E-state index is 10.5. The van der Waals surface area contributed by atoms with E-state index in [1.165, 1.54) is 11.3 Å². The van der Waals surface area contributed by atoms with Crippen molar-refractivity contribution >= 4 is 37.5 Å². The summed E-state index contributed by atoms with van der Waals surface area (Å²) in [5, 5.41) is 4.74. The fraction of sp³-hybridized carbons (Fsp3) is 0.200. The van der Waals surface area contributed by atoms with Gasteiger partial charge >= 0.3 is 0 Å². The Morgan fingerprint density at radius 2 is 2.25 bits per heavy atom. The molecule has 0 aliphatic rings. The number of rotatable bonds is 3. The first-order valence-electron chi connectivity index (χ1n) is 2.99. The van der Waals surface area contributed by atoms with Crippen LogP contribution in [0.3, 0.4) is 0 Å². The maximum Gasteiger partial charge on any atom is 0.274 e. The monoisotopic (exact) mass is 270 g/mol. The second kappa shape index (κ2) is 3.84. The minimum Gasteiger partial charge on any atom is -0.216 e. The van der Waals surface area contributed by atoms with Crippen LogP contribution in [0.4, 0.5) is 0 Å². The molecule has 0 aromatic carbocycles. The zero-order valence-corrected chi connectivity index (χ0v) is 9.17. The third-order valence-corrected chi connectivity index (χ3v) is 3.25. The standard InChI is InChI=1S/C5H7BrN2O2S2/c6-5-2-1-4(11-5)3-8-12(7,9)10/h1-2,8H,3H2,(H2,7,9,10). The van der Waals surface area contributed by atoms with Gasteiger partial charge in [0.2, 0.25) is 0 Å². The average Bonchev–Trinajstić information content (AvgIpc) is 2.30. The van der Waals surface area contributed by atoms with Gasteiger partial charge in [0.25, 0.3) is 10.2 Å². The van der Waals surface area contributed by atoms with Crippen LogP contribution in [0, 0.1) is 0 Å². The Hall–Kier alpha value is 0.0500. The maximum atomic E-state index is 10.5. The second-order valence-corrected chi connectivity index (χ2v) is 6.00. The minimum atomic E-state index is -3.57. The molecule has 0 saturated carbocycles. The molecule has 0 atom stereocenters. The van der Waals surface area contributed by atoms with Crippen molar-refractivity contribution < 1.29 is 8.42 Å². The van der Waals surface area contributed by atoms with Gasteiger partial charge in [0.1, 0.15) is 0 Å².